The number of hydrogen-bond donors (Lipinski definition) is 3. The summed E-state index contributed by atoms with van der Waals surface area (Å²) in [7, 11) is 1.26. The fourth-order valence-corrected chi connectivity index (χ4v) is 7.93. The van der Waals surface area contributed by atoms with Gasteiger partial charge in [0.1, 0.15) is 91.7 Å². The van der Waals surface area contributed by atoms with Gasteiger partial charge in [-0.1, -0.05) is 12.2 Å². The molecule has 6 heterocycles. The van der Waals surface area contributed by atoms with Gasteiger partial charge in [0.2, 0.25) is 17.7 Å². The van der Waals surface area contributed by atoms with Crippen LogP contribution in [-0.4, -0.2) is 107 Å². The van der Waals surface area contributed by atoms with Gasteiger partial charge in [0.05, 0.1) is 17.1 Å². The second-order valence-electron chi connectivity index (χ2n) is 19.1. The number of rotatable bonds is 14. The molecule has 0 aromatic carbocycles. The summed E-state index contributed by atoms with van der Waals surface area (Å²) in [5.74, 6) is -1.14. The van der Waals surface area contributed by atoms with Crippen molar-refractivity contribution in [1.82, 2.24) is 40.5 Å². The van der Waals surface area contributed by atoms with Crippen LogP contribution in [0.25, 0.3) is 45.5 Å². The molecule has 0 fully saturated rings. The van der Waals surface area contributed by atoms with Crippen molar-refractivity contribution < 1.29 is 60.9 Å². The predicted molar refractivity (Wildman–Crippen MR) is 264 cm³/mol. The highest BCUT2D eigenvalue weighted by Gasteiger charge is 2.32. The van der Waals surface area contributed by atoms with Gasteiger partial charge in [-0.2, -0.15) is 0 Å². The van der Waals surface area contributed by atoms with Crippen LogP contribution in [0, 0.1) is 0 Å². The maximum atomic E-state index is 12.9. The molecule has 6 rings (SSSR count). The number of amides is 2. The summed E-state index contributed by atoms with van der Waals surface area (Å²) in [6.07, 6.45) is 2.73. The second kappa shape index (κ2) is 22.6. The van der Waals surface area contributed by atoms with Crippen LogP contribution in [0.5, 0.6) is 0 Å². The van der Waals surface area contributed by atoms with Crippen molar-refractivity contribution >= 4 is 81.3 Å². The number of esters is 3. The van der Waals surface area contributed by atoms with Crippen molar-refractivity contribution in [2.45, 2.75) is 130 Å². The molecule has 0 radical (unpaired) electrons. The Bertz CT molecular complexity index is 2830. The zero-order valence-corrected chi connectivity index (χ0v) is 44.5. The van der Waals surface area contributed by atoms with E-state index >= 15 is 0 Å². The zero-order valence-electron chi connectivity index (χ0n) is 41.2. The Kier molecular flexibility index (Phi) is 17.6. The van der Waals surface area contributed by atoms with Crippen LogP contribution in [0.1, 0.15) is 109 Å². The first-order valence-electron chi connectivity index (χ1n) is 21.5. The zero-order chi connectivity index (χ0) is 52.6. The van der Waals surface area contributed by atoms with Gasteiger partial charge in [-0.05, 0) is 83.1 Å². The molecule has 382 valence electrons. The minimum absolute atomic E-state index is 0.0373. The van der Waals surface area contributed by atoms with Crippen molar-refractivity contribution in [3.05, 3.63) is 56.3 Å². The first-order valence-corrected chi connectivity index (χ1v) is 24.5. The number of oxazole rings is 3. The molecular formula is C45H55N9O13S4. The first kappa shape index (κ1) is 55.3. The summed E-state index contributed by atoms with van der Waals surface area (Å²) in [6, 6.07) is -2.00. The van der Waals surface area contributed by atoms with Gasteiger partial charge in [0.25, 0.3) is 0 Å². The molecule has 71 heavy (non-hydrogen) atoms. The molecule has 0 aliphatic carbocycles. The van der Waals surface area contributed by atoms with Crippen LogP contribution in [0.2, 0.25) is 0 Å². The maximum Gasteiger partial charge on any atom is 0.408 e. The van der Waals surface area contributed by atoms with Gasteiger partial charge in [0.15, 0.2) is 5.69 Å². The number of carbonyl (C=O) groups excluding carboxylic acids is 5. The minimum Gasteiger partial charge on any atom is -0.464 e. The van der Waals surface area contributed by atoms with Crippen LogP contribution in [-0.2, 0) is 46.1 Å². The van der Waals surface area contributed by atoms with E-state index in [1.165, 1.54) is 59.9 Å². The van der Waals surface area contributed by atoms with Crippen LogP contribution in [0.15, 0.2) is 48.2 Å². The molecule has 2 atom stereocenters. The molecule has 0 spiro atoms. The Labute approximate surface area is 425 Å². The average Bonchev–Trinajstić information content (AvgIpc) is 4.09. The summed E-state index contributed by atoms with van der Waals surface area (Å²) < 4.78 is 42.5. The number of thiocarbonyl (C=S) groups is 1. The van der Waals surface area contributed by atoms with E-state index in [0.29, 0.717) is 43.5 Å². The molecule has 26 heteroatoms. The monoisotopic (exact) mass is 1060 g/mol. The lowest BCUT2D eigenvalue weighted by Gasteiger charge is -2.25. The number of nitrogens with two attached hydrogens (primary N) is 1. The highest BCUT2D eigenvalue weighted by Crippen LogP contribution is 2.31. The van der Waals surface area contributed by atoms with Crippen molar-refractivity contribution in [1.29, 1.82) is 0 Å². The summed E-state index contributed by atoms with van der Waals surface area (Å²) in [4.78, 5) is 88.1. The SMILES string of the molecule is CC(C)(C)OC(=O)N[C@@H](Cc1nc(-c2nc(C(N)=S)co2)cs1)C(=O)OC(C)(C)C.COC(=O)c1coc(-c2csc(-c3coc(-c4csc(C[C@H](NC(=O)OC(C)(C)C)C(=O)OC(C)(C)C)n4)n3)n2)n1. The molecule has 0 aliphatic rings. The number of thiazole rings is 3. The van der Waals surface area contributed by atoms with Gasteiger partial charge < -0.3 is 53.3 Å². The Morgan fingerprint density at radius 2 is 0.958 bits per heavy atom. The van der Waals surface area contributed by atoms with E-state index < -0.39 is 64.6 Å². The Hall–Kier alpha value is -6.64. The quantitative estimate of drug-likeness (QED) is 0.0524. The van der Waals surface area contributed by atoms with Crippen molar-refractivity contribution in [2.24, 2.45) is 5.73 Å². The highest BCUT2D eigenvalue weighted by atomic mass is 32.1. The third-order valence-electron chi connectivity index (χ3n) is 8.17. The third kappa shape index (κ3) is 17.3. The van der Waals surface area contributed by atoms with Gasteiger partial charge in [0, 0.05) is 29.0 Å². The van der Waals surface area contributed by atoms with E-state index in [9.17, 15) is 24.0 Å². The highest BCUT2D eigenvalue weighted by molar-refractivity contribution is 7.80. The summed E-state index contributed by atoms with van der Waals surface area (Å²) >= 11 is 8.73. The van der Waals surface area contributed by atoms with E-state index in [2.05, 4.69) is 45.3 Å². The average molecular weight is 1060 g/mol. The van der Waals surface area contributed by atoms with Gasteiger partial charge in [-0.25, -0.2) is 53.9 Å². The molecule has 0 saturated heterocycles. The number of ether oxygens (including phenoxy) is 5. The van der Waals surface area contributed by atoms with Crippen LogP contribution in [0.4, 0.5) is 9.59 Å². The van der Waals surface area contributed by atoms with Crippen molar-refractivity contribution in [2.75, 3.05) is 7.11 Å². The first-order chi connectivity index (χ1) is 32.9. The Balaban J connectivity index is 0.000000278. The minimum atomic E-state index is -1.02. The maximum absolute atomic E-state index is 12.9. The normalized spacial score (nSPS) is 12.7. The summed E-state index contributed by atoms with van der Waals surface area (Å²) in [6.45, 7) is 20.9. The van der Waals surface area contributed by atoms with Crippen LogP contribution < -0.4 is 16.4 Å². The molecule has 0 bridgehead atoms. The van der Waals surface area contributed by atoms with Crippen molar-refractivity contribution in [3.8, 4) is 45.5 Å². The van der Waals surface area contributed by atoms with E-state index in [-0.39, 0.29) is 41.2 Å². The number of alkyl carbamates (subject to hydrolysis) is 2. The molecule has 0 aliphatic heterocycles. The molecule has 0 saturated carbocycles. The fourth-order valence-electron chi connectivity index (χ4n) is 5.46. The number of nitrogens with one attached hydrogen (secondary N) is 2. The number of hydrogen-bond acceptors (Lipinski definition) is 23. The number of carbonyl (C=O) groups is 5. The van der Waals surface area contributed by atoms with Crippen LogP contribution >= 0.6 is 46.2 Å². The molecule has 6 aromatic heterocycles. The lowest BCUT2D eigenvalue weighted by molar-refractivity contribution is -0.158. The van der Waals surface area contributed by atoms with E-state index in [1.54, 1.807) is 99.2 Å². The van der Waals surface area contributed by atoms with Gasteiger partial charge in [-0.15, -0.1) is 34.0 Å². The van der Waals surface area contributed by atoms with E-state index in [4.69, 9.17) is 50.2 Å². The lowest BCUT2D eigenvalue weighted by atomic mass is 10.1. The topological polar surface area (TPSA) is 298 Å². The van der Waals surface area contributed by atoms with Gasteiger partial charge >= 0.3 is 30.1 Å². The van der Waals surface area contributed by atoms with E-state index in [1.807, 2.05) is 0 Å². The number of aromatic nitrogens is 6. The molecule has 2 amide bonds. The number of nitrogens with zero attached hydrogens (tertiary/aromatic N) is 6. The molecule has 4 N–H and O–H groups in total. The Morgan fingerprint density at radius 3 is 1.38 bits per heavy atom. The fraction of sp³-hybridized carbons (Fsp3) is 0.467. The molecule has 22 nitrogen and oxygen atoms in total. The summed E-state index contributed by atoms with van der Waals surface area (Å²) in [5.41, 5.74) is 4.82. The standard InChI is InChI=1S/C26H29N5O8S2.C19H26N4O5S2/c1-25(2,3)38-23(33)13(31-24(34)39-26(4,5)6)8-18-27-16(11-40-18)19-28-14(9-36-19)21-30-17(12-41-21)20-29-15(10-37-20)22(32)35-7;1-18(2,3)27-16(24)10(23-17(25)28-19(4,5)6)7-13-21-12(9-30-13)15-22-11(8-26-15)14(20)29/h9-13H,8H2,1-7H3,(H,31,34);8-10H,7H2,1-6H3,(H2,20,29)(H,23,25)/t13-;10-/m00/s1. The molecular weight excluding hydrogens is 1000 g/mol. The van der Waals surface area contributed by atoms with Crippen molar-refractivity contribution in [3.63, 3.8) is 0 Å². The largest absolute Gasteiger partial charge is 0.464 e. The second-order valence-corrected chi connectivity index (χ2v) is 22.3. The Morgan fingerprint density at radius 1 is 0.563 bits per heavy atom. The number of methoxy groups -OCH3 is 1. The van der Waals surface area contributed by atoms with Gasteiger partial charge in [-0.3, -0.25) is 0 Å². The lowest BCUT2D eigenvalue weighted by Crippen LogP contribution is -2.47. The van der Waals surface area contributed by atoms with Crippen LogP contribution in [0.3, 0.4) is 0 Å². The predicted octanol–water partition coefficient (Wildman–Crippen LogP) is 8.35. The third-order valence-corrected chi connectivity index (χ3v) is 11.0. The van der Waals surface area contributed by atoms with E-state index in [0.717, 1.165) is 0 Å². The molecule has 6 aromatic rings. The smallest absolute Gasteiger partial charge is 0.408 e. The summed E-state index contributed by atoms with van der Waals surface area (Å²) in [5, 5.41) is 12.0. The molecule has 0 unspecified atom stereocenters.